The number of rotatable bonds is 3. The molecule has 1 aromatic carbocycles. The summed E-state index contributed by atoms with van der Waals surface area (Å²) in [4.78, 5) is 2.52. The van der Waals surface area contributed by atoms with Crippen LogP contribution in [0.4, 0.5) is 0 Å². The van der Waals surface area contributed by atoms with Crippen molar-refractivity contribution in [2.24, 2.45) is 5.92 Å². The van der Waals surface area contributed by atoms with Crippen molar-refractivity contribution in [1.29, 1.82) is 0 Å². The lowest BCUT2D eigenvalue weighted by molar-refractivity contribution is 0.163. The summed E-state index contributed by atoms with van der Waals surface area (Å²) in [5.41, 5.74) is 3.41. The Morgan fingerprint density at radius 1 is 1.23 bits per heavy atom. The maximum Gasteiger partial charge on any atom is 0.160 e. The van der Waals surface area contributed by atoms with E-state index in [0.717, 1.165) is 35.2 Å². The molecular formula is C18H20N2O2. The van der Waals surface area contributed by atoms with E-state index in [2.05, 4.69) is 16.1 Å². The van der Waals surface area contributed by atoms with E-state index in [-0.39, 0.29) is 0 Å². The van der Waals surface area contributed by atoms with Gasteiger partial charge < -0.3 is 9.26 Å². The number of hydrogen-bond donors (Lipinski definition) is 0. The Balaban J connectivity index is 1.56. The molecule has 0 aliphatic carbocycles. The van der Waals surface area contributed by atoms with Crippen molar-refractivity contribution in [3.05, 3.63) is 41.7 Å². The normalized spacial score (nSPS) is 25.6. The van der Waals surface area contributed by atoms with Crippen molar-refractivity contribution >= 4 is 6.08 Å². The van der Waals surface area contributed by atoms with E-state index < -0.39 is 0 Å². The first-order valence-corrected chi connectivity index (χ1v) is 7.86. The summed E-state index contributed by atoms with van der Waals surface area (Å²) < 4.78 is 10.7. The van der Waals surface area contributed by atoms with Gasteiger partial charge in [0.2, 0.25) is 0 Å². The highest BCUT2D eigenvalue weighted by molar-refractivity contribution is 5.63. The van der Waals surface area contributed by atoms with Gasteiger partial charge in [-0.2, -0.15) is 0 Å². The zero-order chi connectivity index (χ0) is 14.9. The Morgan fingerprint density at radius 3 is 2.64 bits per heavy atom. The second-order valence-corrected chi connectivity index (χ2v) is 6.11. The fraction of sp³-hybridized carbons (Fsp3) is 0.389. The summed E-state index contributed by atoms with van der Waals surface area (Å²) in [7, 11) is 1.67. The minimum atomic E-state index is 0.736. The smallest absolute Gasteiger partial charge is 0.160 e. The molecule has 2 bridgehead atoms. The Bertz CT molecular complexity index is 679. The SMILES string of the molecule is COc1ccc(-c2cc(/C=C3\CN4CCC3CC4)on2)cc1. The van der Waals surface area contributed by atoms with Gasteiger partial charge in [-0.15, -0.1) is 0 Å². The van der Waals surface area contributed by atoms with Crippen LogP contribution >= 0.6 is 0 Å². The predicted molar refractivity (Wildman–Crippen MR) is 85.6 cm³/mol. The number of piperidine rings is 3. The van der Waals surface area contributed by atoms with Crippen LogP contribution in [0.3, 0.4) is 0 Å². The Hall–Kier alpha value is -2.07. The second-order valence-electron chi connectivity index (χ2n) is 6.11. The molecule has 3 aliphatic rings. The number of methoxy groups -OCH3 is 1. The monoisotopic (exact) mass is 296 g/mol. The van der Waals surface area contributed by atoms with Crippen molar-refractivity contribution in [3.8, 4) is 17.0 Å². The van der Waals surface area contributed by atoms with Gasteiger partial charge in [0.15, 0.2) is 5.76 Å². The lowest BCUT2D eigenvalue weighted by atomic mass is 9.83. The summed E-state index contributed by atoms with van der Waals surface area (Å²) in [5, 5.41) is 4.20. The molecular weight excluding hydrogens is 276 g/mol. The van der Waals surface area contributed by atoms with E-state index in [1.165, 1.54) is 31.5 Å². The molecule has 2 aromatic rings. The van der Waals surface area contributed by atoms with Crippen LogP contribution in [0.1, 0.15) is 18.6 Å². The maximum atomic E-state index is 5.51. The van der Waals surface area contributed by atoms with E-state index in [0.29, 0.717) is 0 Å². The molecule has 3 fully saturated rings. The molecule has 0 unspecified atom stereocenters. The molecule has 4 heterocycles. The molecule has 5 rings (SSSR count). The molecule has 1 aromatic heterocycles. The molecule has 0 atom stereocenters. The number of aromatic nitrogens is 1. The van der Waals surface area contributed by atoms with E-state index in [4.69, 9.17) is 9.26 Å². The maximum absolute atomic E-state index is 5.51. The zero-order valence-corrected chi connectivity index (χ0v) is 12.8. The predicted octanol–water partition coefficient (Wildman–Crippen LogP) is 3.46. The average Bonchev–Trinajstić information content (AvgIpc) is 3.04. The molecule has 0 saturated carbocycles. The summed E-state index contributed by atoms with van der Waals surface area (Å²) >= 11 is 0. The Kier molecular flexibility index (Phi) is 3.47. The molecule has 3 aliphatic heterocycles. The molecule has 0 radical (unpaired) electrons. The third-order valence-electron chi connectivity index (χ3n) is 4.76. The summed E-state index contributed by atoms with van der Waals surface area (Å²) in [5.74, 6) is 2.44. The van der Waals surface area contributed by atoms with Crippen LogP contribution in [-0.4, -0.2) is 36.8 Å². The van der Waals surface area contributed by atoms with Gasteiger partial charge in [-0.3, -0.25) is 4.90 Å². The topological polar surface area (TPSA) is 38.5 Å². The van der Waals surface area contributed by atoms with Gasteiger partial charge in [0.1, 0.15) is 11.4 Å². The van der Waals surface area contributed by atoms with E-state index in [1.54, 1.807) is 7.11 Å². The lowest BCUT2D eigenvalue weighted by Crippen LogP contribution is -2.42. The van der Waals surface area contributed by atoms with Gasteiger partial charge in [0.25, 0.3) is 0 Å². The average molecular weight is 296 g/mol. The molecule has 22 heavy (non-hydrogen) atoms. The van der Waals surface area contributed by atoms with Gasteiger partial charge in [0.05, 0.1) is 7.11 Å². The third kappa shape index (κ3) is 2.55. The van der Waals surface area contributed by atoms with Crippen LogP contribution in [0.5, 0.6) is 5.75 Å². The van der Waals surface area contributed by atoms with Crippen LogP contribution in [0.25, 0.3) is 17.3 Å². The van der Waals surface area contributed by atoms with Crippen LogP contribution in [0, 0.1) is 5.92 Å². The van der Waals surface area contributed by atoms with Crippen LogP contribution in [0.2, 0.25) is 0 Å². The fourth-order valence-electron chi connectivity index (χ4n) is 3.45. The van der Waals surface area contributed by atoms with Crippen molar-refractivity contribution in [1.82, 2.24) is 10.1 Å². The van der Waals surface area contributed by atoms with Gasteiger partial charge in [-0.25, -0.2) is 0 Å². The van der Waals surface area contributed by atoms with E-state index in [9.17, 15) is 0 Å². The molecule has 4 heteroatoms. The number of hydrogen-bond acceptors (Lipinski definition) is 4. The summed E-state index contributed by atoms with van der Waals surface area (Å²) in [6.45, 7) is 3.58. The molecule has 4 nitrogen and oxygen atoms in total. The van der Waals surface area contributed by atoms with Gasteiger partial charge in [0, 0.05) is 18.2 Å². The van der Waals surface area contributed by atoms with Crippen LogP contribution in [0.15, 0.2) is 40.4 Å². The lowest BCUT2D eigenvalue weighted by Gasteiger charge is -2.40. The minimum absolute atomic E-state index is 0.736. The Morgan fingerprint density at radius 2 is 2.00 bits per heavy atom. The van der Waals surface area contributed by atoms with Gasteiger partial charge in [-0.1, -0.05) is 5.16 Å². The molecule has 3 saturated heterocycles. The standard InChI is InChI=1S/C18H20N2O2/c1-21-16-4-2-14(3-5-16)18-11-17(22-19-18)10-15-12-20-8-6-13(15)7-9-20/h2-5,10-11,13H,6-9,12H2,1H3/b15-10+. The van der Waals surface area contributed by atoms with E-state index >= 15 is 0 Å². The molecule has 114 valence electrons. The third-order valence-corrected chi connectivity index (χ3v) is 4.76. The first-order chi connectivity index (χ1) is 10.8. The zero-order valence-electron chi connectivity index (χ0n) is 12.8. The summed E-state index contributed by atoms with van der Waals surface area (Å²) in [6.07, 6.45) is 4.76. The van der Waals surface area contributed by atoms with Crippen molar-refractivity contribution in [2.75, 3.05) is 26.7 Å². The minimum Gasteiger partial charge on any atom is -0.497 e. The number of ether oxygens (including phenoxy) is 1. The van der Waals surface area contributed by atoms with E-state index in [1.807, 2.05) is 30.3 Å². The second kappa shape index (κ2) is 5.61. The highest BCUT2D eigenvalue weighted by Gasteiger charge is 2.29. The largest absolute Gasteiger partial charge is 0.497 e. The van der Waals surface area contributed by atoms with Gasteiger partial charge in [-0.05, 0) is 67.8 Å². The van der Waals surface area contributed by atoms with Gasteiger partial charge >= 0.3 is 0 Å². The first kappa shape index (κ1) is 13.6. The van der Waals surface area contributed by atoms with Crippen molar-refractivity contribution < 1.29 is 9.26 Å². The highest BCUT2D eigenvalue weighted by atomic mass is 16.5. The molecule has 0 N–H and O–H groups in total. The number of fused-ring (bicyclic) bond motifs is 3. The quantitative estimate of drug-likeness (QED) is 0.869. The molecule has 0 spiro atoms. The first-order valence-electron chi connectivity index (χ1n) is 7.86. The summed E-state index contributed by atoms with van der Waals surface area (Å²) in [6, 6.07) is 9.90. The number of benzene rings is 1. The number of nitrogens with zero attached hydrogens (tertiary/aromatic N) is 2. The van der Waals surface area contributed by atoms with Crippen molar-refractivity contribution in [3.63, 3.8) is 0 Å². The highest BCUT2D eigenvalue weighted by Crippen LogP contribution is 2.33. The van der Waals surface area contributed by atoms with Crippen LogP contribution < -0.4 is 4.74 Å². The molecule has 0 amide bonds. The van der Waals surface area contributed by atoms with Crippen LogP contribution in [-0.2, 0) is 0 Å². The Labute approximate surface area is 130 Å². The van der Waals surface area contributed by atoms with Crippen molar-refractivity contribution in [2.45, 2.75) is 12.8 Å². The fourth-order valence-corrected chi connectivity index (χ4v) is 3.45.